The number of carbonyl (C=O) groups excluding carboxylic acids is 1. The van der Waals surface area contributed by atoms with Crippen LogP contribution in [0.5, 0.6) is 0 Å². The predicted octanol–water partition coefficient (Wildman–Crippen LogP) is 3.34. The lowest BCUT2D eigenvalue weighted by molar-refractivity contribution is -0.0577. The van der Waals surface area contributed by atoms with Crippen LogP contribution < -0.4 is 0 Å². The van der Waals surface area contributed by atoms with E-state index in [1.54, 1.807) is 6.20 Å². The normalized spacial score (nSPS) is 23.9. The number of nitrogens with one attached hydrogen (secondary N) is 1. The van der Waals surface area contributed by atoms with Crippen molar-refractivity contribution in [1.82, 2.24) is 15.1 Å². The monoisotopic (exact) mass is 341 g/mol. The highest BCUT2D eigenvalue weighted by Gasteiger charge is 2.39. The molecule has 2 heterocycles. The number of hydrogen-bond donors (Lipinski definition) is 2. The van der Waals surface area contributed by atoms with Crippen molar-refractivity contribution in [3.05, 3.63) is 42.2 Å². The summed E-state index contributed by atoms with van der Waals surface area (Å²) in [5.41, 5.74) is 1.93. The summed E-state index contributed by atoms with van der Waals surface area (Å²) in [5.74, 6) is 0.646. The van der Waals surface area contributed by atoms with Gasteiger partial charge in [0.25, 0.3) is 5.91 Å². The molecule has 5 heteroatoms. The molecule has 3 rings (SSSR count). The third kappa shape index (κ3) is 3.93. The summed E-state index contributed by atoms with van der Waals surface area (Å²) in [6.07, 6.45) is 5.12. The number of aromatic nitrogens is 2. The molecule has 0 radical (unpaired) electrons. The second kappa shape index (κ2) is 7.00. The molecule has 0 spiro atoms. The molecule has 2 atom stereocenters. The second-order valence-electron chi connectivity index (χ2n) is 7.75. The van der Waals surface area contributed by atoms with Gasteiger partial charge in [-0.3, -0.25) is 9.89 Å². The molecule has 0 bridgehead atoms. The van der Waals surface area contributed by atoms with Crippen LogP contribution in [-0.2, 0) is 0 Å². The lowest BCUT2D eigenvalue weighted by atomic mass is 9.78. The van der Waals surface area contributed by atoms with E-state index in [0.717, 1.165) is 17.5 Å². The highest BCUT2D eigenvalue weighted by molar-refractivity contribution is 5.95. The highest BCUT2D eigenvalue weighted by atomic mass is 16.3. The zero-order chi connectivity index (χ0) is 18.0. The first-order chi connectivity index (χ1) is 11.9. The van der Waals surface area contributed by atoms with E-state index in [2.05, 4.69) is 24.0 Å². The lowest BCUT2D eigenvalue weighted by Gasteiger charge is -2.43. The van der Waals surface area contributed by atoms with Crippen molar-refractivity contribution < 1.29 is 9.90 Å². The summed E-state index contributed by atoms with van der Waals surface area (Å²) >= 11 is 0. The Morgan fingerprint density at radius 2 is 2.24 bits per heavy atom. The van der Waals surface area contributed by atoms with Crippen LogP contribution in [0.4, 0.5) is 0 Å². The van der Waals surface area contributed by atoms with E-state index in [9.17, 15) is 9.90 Å². The van der Waals surface area contributed by atoms with Crippen LogP contribution in [0, 0.1) is 11.8 Å². The van der Waals surface area contributed by atoms with Gasteiger partial charge in [-0.25, -0.2) is 0 Å². The van der Waals surface area contributed by atoms with Gasteiger partial charge in [-0.1, -0.05) is 26.0 Å². The van der Waals surface area contributed by atoms with Crippen molar-refractivity contribution in [3.63, 3.8) is 0 Å². The first kappa shape index (κ1) is 17.7. The van der Waals surface area contributed by atoms with E-state index in [1.165, 1.54) is 0 Å². The van der Waals surface area contributed by atoms with Crippen LogP contribution in [0.2, 0.25) is 0 Å². The molecule has 0 saturated carbocycles. The van der Waals surface area contributed by atoms with Gasteiger partial charge in [-0.15, -0.1) is 0 Å². The van der Waals surface area contributed by atoms with Crippen molar-refractivity contribution in [3.8, 4) is 11.1 Å². The molecule has 1 aromatic heterocycles. The average molecular weight is 341 g/mol. The fourth-order valence-corrected chi connectivity index (χ4v) is 3.62. The van der Waals surface area contributed by atoms with E-state index < -0.39 is 5.60 Å². The Morgan fingerprint density at radius 3 is 2.92 bits per heavy atom. The predicted molar refractivity (Wildman–Crippen MR) is 98.1 cm³/mol. The Labute approximate surface area is 149 Å². The van der Waals surface area contributed by atoms with Crippen molar-refractivity contribution >= 4 is 5.91 Å². The largest absolute Gasteiger partial charge is 0.390 e. The van der Waals surface area contributed by atoms with Crippen molar-refractivity contribution in [2.75, 3.05) is 13.1 Å². The molecule has 25 heavy (non-hydrogen) atoms. The number of hydrogen-bond acceptors (Lipinski definition) is 3. The first-order valence-electron chi connectivity index (χ1n) is 8.97. The Bertz CT molecular complexity index is 722. The number of likely N-dealkylation sites (tertiary alicyclic amines) is 1. The quantitative estimate of drug-likeness (QED) is 0.896. The van der Waals surface area contributed by atoms with Crippen LogP contribution in [0.25, 0.3) is 11.1 Å². The number of rotatable bonds is 4. The summed E-state index contributed by atoms with van der Waals surface area (Å²) in [4.78, 5) is 14.9. The van der Waals surface area contributed by atoms with E-state index in [0.29, 0.717) is 31.0 Å². The van der Waals surface area contributed by atoms with E-state index in [1.807, 2.05) is 42.3 Å². The molecule has 2 N–H and O–H groups in total. The maximum Gasteiger partial charge on any atom is 0.253 e. The second-order valence-corrected chi connectivity index (χ2v) is 7.75. The zero-order valence-corrected chi connectivity index (χ0v) is 15.2. The number of carbonyl (C=O) groups is 1. The Hall–Kier alpha value is -2.14. The molecular formula is C20H27N3O2. The van der Waals surface area contributed by atoms with Gasteiger partial charge in [0.2, 0.25) is 0 Å². The van der Waals surface area contributed by atoms with Gasteiger partial charge in [-0.2, -0.15) is 5.10 Å². The molecule has 1 fully saturated rings. The van der Waals surface area contributed by atoms with Crippen molar-refractivity contribution in [2.24, 2.45) is 11.8 Å². The number of aliphatic hydroxyl groups is 1. The van der Waals surface area contributed by atoms with Crippen molar-refractivity contribution in [1.29, 1.82) is 0 Å². The fraction of sp³-hybridized carbons (Fsp3) is 0.500. The minimum absolute atomic E-state index is 0.0367. The third-order valence-corrected chi connectivity index (χ3v) is 5.19. The summed E-state index contributed by atoms with van der Waals surface area (Å²) in [7, 11) is 0. The number of piperidine rings is 1. The number of amides is 1. The van der Waals surface area contributed by atoms with Crippen LogP contribution in [-0.4, -0.2) is 44.8 Å². The Morgan fingerprint density at radius 1 is 1.44 bits per heavy atom. The number of H-pyrrole nitrogens is 1. The maximum atomic E-state index is 13.0. The fourth-order valence-electron chi connectivity index (χ4n) is 3.62. The van der Waals surface area contributed by atoms with Gasteiger partial charge in [0, 0.05) is 36.3 Å². The maximum absolute atomic E-state index is 13.0. The molecule has 2 aromatic rings. The SMILES string of the molecule is CC(C)C[C@H]1CN(C(=O)c2cccc(-c3cn[nH]c3)c2)CC[C@@]1(C)O. The Balaban J connectivity index is 1.78. The molecule has 1 aromatic carbocycles. The topological polar surface area (TPSA) is 69.2 Å². The van der Waals surface area contributed by atoms with Gasteiger partial charge in [-0.05, 0) is 43.4 Å². The van der Waals surface area contributed by atoms with E-state index in [4.69, 9.17) is 0 Å². The first-order valence-corrected chi connectivity index (χ1v) is 8.97. The summed E-state index contributed by atoms with van der Waals surface area (Å²) in [6.45, 7) is 7.42. The van der Waals surface area contributed by atoms with Crippen molar-refractivity contribution in [2.45, 2.75) is 39.2 Å². The molecule has 1 saturated heterocycles. The molecule has 134 valence electrons. The summed E-state index contributed by atoms with van der Waals surface area (Å²) < 4.78 is 0. The van der Waals surface area contributed by atoms with Gasteiger partial charge in [0.15, 0.2) is 0 Å². The molecule has 5 nitrogen and oxygen atoms in total. The molecule has 1 amide bonds. The number of nitrogens with zero attached hydrogens (tertiary/aromatic N) is 2. The Kier molecular flexibility index (Phi) is 4.95. The van der Waals surface area contributed by atoms with Gasteiger partial charge in [0.05, 0.1) is 11.8 Å². The van der Waals surface area contributed by atoms with Crippen LogP contribution >= 0.6 is 0 Å². The van der Waals surface area contributed by atoms with Crippen LogP contribution in [0.15, 0.2) is 36.7 Å². The lowest BCUT2D eigenvalue weighted by Crippen LogP contribution is -2.52. The molecule has 1 aliphatic heterocycles. The number of aromatic amines is 1. The average Bonchev–Trinajstić information content (AvgIpc) is 3.10. The molecule has 0 unspecified atom stereocenters. The number of benzene rings is 1. The minimum atomic E-state index is -0.695. The molecular weight excluding hydrogens is 314 g/mol. The van der Waals surface area contributed by atoms with Crippen LogP contribution in [0.1, 0.15) is 44.0 Å². The molecule has 0 aliphatic carbocycles. The smallest absolute Gasteiger partial charge is 0.253 e. The van der Waals surface area contributed by atoms with Crippen LogP contribution in [0.3, 0.4) is 0 Å². The molecule has 1 aliphatic rings. The third-order valence-electron chi connectivity index (χ3n) is 5.19. The summed E-state index contributed by atoms with van der Waals surface area (Å²) in [6, 6.07) is 7.65. The van der Waals surface area contributed by atoms with Gasteiger partial charge < -0.3 is 10.0 Å². The van der Waals surface area contributed by atoms with E-state index >= 15 is 0 Å². The van der Waals surface area contributed by atoms with Gasteiger partial charge in [0.1, 0.15) is 0 Å². The minimum Gasteiger partial charge on any atom is -0.390 e. The highest BCUT2D eigenvalue weighted by Crippen LogP contribution is 2.33. The van der Waals surface area contributed by atoms with Gasteiger partial charge >= 0.3 is 0 Å². The zero-order valence-electron chi connectivity index (χ0n) is 15.2. The standard InChI is InChI=1S/C20H27N3O2/c1-14(2)9-18-13-23(8-7-20(18,3)25)19(24)16-6-4-5-15(10-16)17-11-21-22-12-17/h4-6,10-12,14,18,25H,7-9,13H2,1-3H3,(H,21,22)/t18-,20+/m0/s1. The summed E-state index contributed by atoms with van der Waals surface area (Å²) in [5, 5.41) is 17.4. The van der Waals surface area contributed by atoms with E-state index in [-0.39, 0.29) is 11.8 Å².